The zero-order chi connectivity index (χ0) is 22.8. The number of ether oxygens (including phenoxy) is 1. The fourth-order valence-electron chi connectivity index (χ4n) is 3.20. The Kier molecular flexibility index (Phi) is 6.34. The number of carbonyl (C=O) groups excluding carboxylic acids is 1. The van der Waals surface area contributed by atoms with E-state index >= 15 is 0 Å². The first-order chi connectivity index (χ1) is 15.3. The minimum absolute atomic E-state index is 0.281. The zero-order valence-electron chi connectivity index (χ0n) is 17.2. The highest BCUT2D eigenvalue weighted by Crippen LogP contribution is 2.32. The molecule has 0 aliphatic rings. The van der Waals surface area contributed by atoms with E-state index in [1.54, 1.807) is 55.5 Å². The van der Waals surface area contributed by atoms with Crippen molar-refractivity contribution in [1.82, 2.24) is 9.66 Å². The van der Waals surface area contributed by atoms with E-state index in [9.17, 15) is 9.59 Å². The molecule has 160 valence electrons. The molecule has 1 heterocycles. The SMILES string of the molecule is Cc1cccc(C(=O)Oc2c(Br)cc(Br)cc2C=Nn2c(C)nc3ccccc3c2=O)c1. The molecule has 3 aromatic carbocycles. The average Bonchev–Trinajstić information content (AvgIpc) is 2.75. The molecule has 0 N–H and O–H groups in total. The molecule has 0 saturated carbocycles. The minimum atomic E-state index is -0.493. The number of halogens is 2. The van der Waals surface area contributed by atoms with E-state index in [1.807, 2.05) is 19.1 Å². The Morgan fingerprint density at radius 2 is 1.84 bits per heavy atom. The second-order valence-electron chi connectivity index (χ2n) is 7.10. The molecule has 0 amide bonds. The first-order valence-electron chi connectivity index (χ1n) is 9.64. The van der Waals surface area contributed by atoms with Crippen LogP contribution in [-0.2, 0) is 0 Å². The van der Waals surface area contributed by atoms with E-state index < -0.39 is 5.97 Å². The Labute approximate surface area is 200 Å². The summed E-state index contributed by atoms with van der Waals surface area (Å²) in [6.07, 6.45) is 1.47. The summed E-state index contributed by atoms with van der Waals surface area (Å²) in [7, 11) is 0. The largest absolute Gasteiger partial charge is 0.421 e. The molecule has 0 aliphatic carbocycles. The summed E-state index contributed by atoms with van der Waals surface area (Å²) in [6.45, 7) is 3.61. The van der Waals surface area contributed by atoms with Gasteiger partial charge in [0.2, 0.25) is 0 Å². The summed E-state index contributed by atoms with van der Waals surface area (Å²) in [5.74, 6) is 0.243. The maximum absolute atomic E-state index is 12.9. The van der Waals surface area contributed by atoms with Crippen LogP contribution in [0, 0.1) is 13.8 Å². The Balaban J connectivity index is 1.75. The van der Waals surface area contributed by atoms with E-state index in [0.717, 1.165) is 10.0 Å². The van der Waals surface area contributed by atoms with Gasteiger partial charge in [-0.15, -0.1) is 0 Å². The van der Waals surface area contributed by atoms with Gasteiger partial charge >= 0.3 is 5.97 Å². The number of aromatic nitrogens is 2. The lowest BCUT2D eigenvalue weighted by atomic mass is 10.1. The average molecular weight is 555 g/mol. The molecular formula is C24H17Br2N3O3. The lowest BCUT2D eigenvalue weighted by molar-refractivity contribution is 0.0733. The van der Waals surface area contributed by atoms with Crippen molar-refractivity contribution in [3.05, 3.63) is 102 Å². The fraction of sp³-hybridized carbons (Fsp3) is 0.0833. The van der Waals surface area contributed by atoms with Gasteiger partial charge in [0.25, 0.3) is 5.56 Å². The van der Waals surface area contributed by atoms with Gasteiger partial charge in [0, 0.05) is 10.0 Å². The van der Waals surface area contributed by atoms with Crippen LogP contribution < -0.4 is 10.3 Å². The van der Waals surface area contributed by atoms with E-state index in [-0.39, 0.29) is 5.56 Å². The number of hydrogen-bond acceptors (Lipinski definition) is 5. The highest BCUT2D eigenvalue weighted by atomic mass is 79.9. The summed E-state index contributed by atoms with van der Waals surface area (Å²) >= 11 is 6.89. The topological polar surface area (TPSA) is 73.5 Å². The number of hydrogen-bond donors (Lipinski definition) is 0. The van der Waals surface area contributed by atoms with E-state index in [0.29, 0.717) is 38.1 Å². The second kappa shape index (κ2) is 9.18. The molecule has 1 aromatic heterocycles. The predicted molar refractivity (Wildman–Crippen MR) is 132 cm³/mol. The molecule has 0 fully saturated rings. The Morgan fingerprint density at radius 1 is 1.06 bits per heavy atom. The van der Waals surface area contributed by atoms with Crippen LogP contribution in [-0.4, -0.2) is 21.8 Å². The van der Waals surface area contributed by atoms with Crippen LogP contribution >= 0.6 is 31.9 Å². The second-order valence-corrected chi connectivity index (χ2v) is 8.87. The Hall–Kier alpha value is -3.10. The van der Waals surface area contributed by atoms with Gasteiger partial charge in [-0.2, -0.15) is 9.78 Å². The smallest absolute Gasteiger partial charge is 0.343 e. The standard InChI is InChI=1S/C24H17Br2N3O3/c1-14-6-5-7-16(10-14)24(31)32-22-17(11-18(25)12-20(22)26)13-27-29-15(2)28-21-9-4-3-8-19(21)23(29)30/h3-13H,1-2H3. The Bertz CT molecular complexity index is 1440. The maximum atomic E-state index is 12.9. The van der Waals surface area contributed by atoms with Crippen LogP contribution in [0.4, 0.5) is 0 Å². The van der Waals surface area contributed by atoms with Gasteiger partial charge in [0.05, 0.1) is 27.2 Å². The molecule has 8 heteroatoms. The van der Waals surface area contributed by atoms with Crippen molar-refractivity contribution in [3.63, 3.8) is 0 Å². The summed E-state index contributed by atoms with van der Waals surface area (Å²) in [5.41, 5.74) is 2.23. The van der Waals surface area contributed by atoms with Crippen molar-refractivity contribution in [3.8, 4) is 5.75 Å². The molecule has 6 nitrogen and oxygen atoms in total. The molecule has 0 saturated heterocycles. The monoisotopic (exact) mass is 553 g/mol. The normalized spacial score (nSPS) is 11.2. The van der Waals surface area contributed by atoms with Gasteiger partial charge in [-0.1, -0.05) is 45.8 Å². The minimum Gasteiger partial charge on any atom is -0.421 e. The summed E-state index contributed by atoms with van der Waals surface area (Å²) in [4.78, 5) is 30.1. The number of para-hydroxylation sites is 1. The van der Waals surface area contributed by atoms with Gasteiger partial charge < -0.3 is 4.74 Å². The van der Waals surface area contributed by atoms with Crippen molar-refractivity contribution in [2.45, 2.75) is 13.8 Å². The van der Waals surface area contributed by atoms with Crippen molar-refractivity contribution < 1.29 is 9.53 Å². The third-order valence-electron chi connectivity index (χ3n) is 4.71. The summed E-state index contributed by atoms with van der Waals surface area (Å²) < 4.78 is 8.23. The van der Waals surface area contributed by atoms with Gasteiger partial charge in [-0.3, -0.25) is 4.79 Å². The van der Waals surface area contributed by atoms with Crippen molar-refractivity contribution >= 4 is 54.9 Å². The van der Waals surface area contributed by atoms with Crippen LogP contribution in [0.2, 0.25) is 0 Å². The number of nitrogens with zero attached hydrogens (tertiary/aromatic N) is 3. The molecule has 0 bridgehead atoms. The van der Waals surface area contributed by atoms with Crippen molar-refractivity contribution in [2.75, 3.05) is 0 Å². The number of aryl methyl sites for hydroxylation is 2. The molecule has 0 radical (unpaired) electrons. The number of fused-ring (bicyclic) bond motifs is 1. The Morgan fingerprint density at radius 3 is 2.62 bits per heavy atom. The van der Waals surface area contributed by atoms with E-state index in [1.165, 1.54) is 10.9 Å². The first-order valence-corrected chi connectivity index (χ1v) is 11.2. The van der Waals surface area contributed by atoms with Crippen LogP contribution in [0.5, 0.6) is 5.75 Å². The van der Waals surface area contributed by atoms with Crippen LogP contribution in [0.1, 0.15) is 27.3 Å². The zero-order valence-corrected chi connectivity index (χ0v) is 20.3. The van der Waals surface area contributed by atoms with Crippen LogP contribution in [0.25, 0.3) is 10.9 Å². The third-order valence-corrected chi connectivity index (χ3v) is 5.76. The number of esters is 1. The van der Waals surface area contributed by atoms with Gasteiger partial charge in [0.1, 0.15) is 5.82 Å². The lowest BCUT2D eigenvalue weighted by Gasteiger charge is -2.11. The maximum Gasteiger partial charge on any atom is 0.343 e. The van der Waals surface area contributed by atoms with E-state index in [4.69, 9.17) is 4.74 Å². The van der Waals surface area contributed by atoms with Gasteiger partial charge in [-0.25, -0.2) is 9.78 Å². The molecule has 0 atom stereocenters. The van der Waals surface area contributed by atoms with E-state index in [2.05, 4.69) is 41.9 Å². The highest BCUT2D eigenvalue weighted by molar-refractivity contribution is 9.11. The molecule has 0 unspecified atom stereocenters. The fourth-order valence-corrected chi connectivity index (χ4v) is 4.54. The van der Waals surface area contributed by atoms with Crippen molar-refractivity contribution in [2.24, 2.45) is 5.10 Å². The third kappa shape index (κ3) is 4.56. The van der Waals surface area contributed by atoms with Crippen molar-refractivity contribution in [1.29, 1.82) is 0 Å². The lowest BCUT2D eigenvalue weighted by Crippen LogP contribution is -2.20. The summed E-state index contributed by atoms with van der Waals surface area (Å²) in [5, 5.41) is 4.82. The number of rotatable bonds is 4. The highest BCUT2D eigenvalue weighted by Gasteiger charge is 2.16. The molecule has 0 aliphatic heterocycles. The quantitative estimate of drug-likeness (QED) is 0.186. The van der Waals surface area contributed by atoms with Gasteiger partial charge in [0.15, 0.2) is 5.75 Å². The summed E-state index contributed by atoms with van der Waals surface area (Å²) in [6, 6.07) is 17.8. The molecule has 32 heavy (non-hydrogen) atoms. The van der Waals surface area contributed by atoms with Crippen LogP contribution in [0.3, 0.4) is 0 Å². The molecule has 4 aromatic rings. The number of benzene rings is 3. The predicted octanol–water partition coefficient (Wildman–Crippen LogP) is 5.64. The molecular weight excluding hydrogens is 538 g/mol. The molecule has 4 rings (SSSR count). The first kappa shape index (κ1) is 22.1. The van der Waals surface area contributed by atoms with Crippen LogP contribution in [0.15, 0.2) is 79.5 Å². The number of carbonyl (C=O) groups is 1. The molecule has 0 spiro atoms. The van der Waals surface area contributed by atoms with Gasteiger partial charge in [-0.05, 0) is 66.2 Å².